The molecule has 3 fully saturated rings. The number of likely N-dealkylation sites (tertiary alicyclic amines) is 1. The van der Waals surface area contributed by atoms with Crippen LogP contribution in [-0.2, 0) is 9.47 Å². The van der Waals surface area contributed by atoms with Crippen molar-refractivity contribution in [3.63, 3.8) is 0 Å². The molecule has 0 aromatic carbocycles. The fraction of sp³-hybridized carbons (Fsp3) is 0.857. The Morgan fingerprint density at radius 2 is 2.45 bits per heavy atom. The zero-order valence-corrected chi connectivity index (χ0v) is 6.19. The highest BCUT2D eigenvalue weighted by atomic mass is 16.6. The predicted molar refractivity (Wildman–Crippen MR) is 35.1 cm³/mol. The number of carbonyl (C=O) groups excluding carboxylic acids is 1. The average molecular weight is 155 g/mol. The largest absolute Gasteiger partial charge is 0.453 e. The third-order valence-corrected chi connectivity index (χ3v) is 2.94. The maximum absolute atomic E-state index is 11.0. The normalized spacial score (nSPS) is 49.7. The molecule has 4 nitrogen and oxygen atoms in total. The molecule has 0 spiro atoms. The number of nitrogens with zero attached hydrogens (tertiary/aromatic N) is 1. The summed E-state index contributed by atoms with van der Waals surface area (Å²) in [6.07, 6.45) is 0.633. The molecule has 4 atom stereocenters. The SMILES string of the molecule is COC(=O)N1C[C@@H]2[C@@H]3O[C@@H]3[C@@H]21. The van der Waals surface area contributed by atoms with E-state index in [1.54, 1.807) is 4.90 Å². The topological polar surface area (TPSA) is 42.1 Å². The molecule has 3 aliphatic rings. The van der Waals surface area contributed by atoms with Crippen molar-refractivity contribution in [2.45, 2.75) is 18.2 Å². The van der Waals surface area contributed by atoms with E-state index < -0.39 is 0 Å². The number of fused-ring (bicyclic) bond motifs is 4. The fourth-order valence-electron chi connectivity index (χ4n) is 2.19. The van der Waals surface area contributed by atoms with Gasteiger partial charge in [0.05, 0.1) is 19.3 Å². The monoisotopic (exact) mass is 155 g/mol. The number of carbonyl (C=O) groups is 1. The van der Waals surface area contributed by atoms with Crippen molar-refractivity contribution in [1.82, 2.24) is 4.90 Å². The van der Waals surface area contributed by atoms with Gasteiger partial charge in [0.25, 0.3) is 0 Å². The smallest absolute Gasteiger partial charge is 0.409 e. The first-order valence-electron chi connectivity index (χ1n) is 3.83. The van der Waals surface area contributed by atoms with Crippen molar-refractivity contribution in [3.8, 4) is 0 Å². The molecule has 4 heteroatoms. The zero-order valence-electron chi connectivity index (χ0n) is 6.19. The highest BCUT2D eigenvalue weighted by Gasteiger charge is 2.72. The molecule has 1 saturated carbocycles. The van der Waals surface area contributed by atoms with E-state index in [-0.39, 0.29) is 6.09 Å². The first-order chi connectivity index (χ1) is 5.33. The van der Waals surface area contributed by atoms with Crippen LogP contribution < -0.4 is 0 Å². The van der Waals surface area contributed by atoms with E-state index in [1.807, 2.05) is 0 Å². The van der Waals surface area contributed by atoms with Crippen LogP contribution in [0.1, 0.15) is 0 Å². The summed E-state index contributed by atoms with van der Waals surface area (Å²) < 4.78 is 9.90. The third kappa shape index (κ3) is 0.495. The second kappa shape index (κ2) is 1.53. The maximum atomic E-state index is 11.0. The van der Waals surface area contributed by atoms with Gasteiger partial charge in [0, 0.05) is 12.5 Å². The van der Waals surface area contributed by atoms with Gasteiger partial charge in [-0.25, -0.2) is 4.79 Å². The average Bonchev–Trinajstić information content (AvgIpc) is 2.62. The summed E-state index contributed by atoms with van der Waals surface area (Å²) in [5, 5.41) is 0. The van der Waals surface area contributed by atoms with E-state index in [2.05, 4.69) is 4.74 Å². The summed E-state index contributed by atoms with van der Waals surface area (Å²) in [7, 11) is 1.42. The van der Waals surface area contributed by atoms with E-state index in [4.69, 9.17) is 4.74 Å². The number of epoxide rings is 1. The summed E-state index contributed by atoms with van der Waals surface area (Å²) in [6, 6.07) is 0.354. The minimum Gasteiger partial charge on any atom is -0.453 e. The minimum atomic E-state index is -0.208. The Bertz CT molecular complexity index is 230. The van der Waals surface area contributed by atoms with Crippen molar-refractivity contribution in [1.29, 1.82) is 0 Å². The van der Waals surface area contributed by atoms with E-state index >= 15 is 0 Å². The van der Waals surface area contributed by atoms with Gasteiger partial charge in [0.2, 0.25) is 0 Å². The van der Waals surface area contributed by atoms with Crippen molar-refractivity contribution < 1.29 is 14.3 Å². The summed E-state index contributed by atoms with van der Waals surface area (Å²) >= 11 is 0. The van der Waals surface area contributed by atoms with E-state index in [1.165, 1.54) is 7.11 Å². The second-order valence-corrected chi connectivity index (χ2v) is 3.34. The third-order valence-electron chi connectivity index (χ3n) is 2.94. The Hall–Kier alpha value is -0.770. The van der Waals surface area contributed by atoms with Crippen LogP contribution in [0.4, 0.5) is 4.79 Å². The van der Waals surface area contributed by atoms with Gasteiger partial charge >= 0.3 is 6.09 Å². The molecular weight excluding hydrogens is 146 g/mol. The molecular formula is C7H9NO3. The molecule has 2 aliphatic heterocycles. The van der Waals surface area contributed by atoms with Crippen molar-refractivity contribution in [2.24, 2.45) is 5.92 Å². The molecule has 0 radical (unpaired) electrons. The Balaban J connectivity index is 1.71. The Labute approximate surface area is 64.1 Å². The van der Waals surface area contributed by atoms with Crippen molar-refractivity contribution in [3.05, 3.63) is 0 Å². The molecule has 11 heavy (non-hydrogen) atoms. The molecule has 0 aromatic heterocycles. The molecule has 1 aliphatic carbocycles. The van der Waals surface area contributed by atoms with Crippen LogP contribution in [0.3, 0.4) is 0 Å². The van der Waals surface area contributed by atoms with E-state index in [0.29, 0.717) is 24.2 Å². The molecule has 2 heterocycles. The van der Waals surface area contributed by atoms with Gasteiger partial charge in [-0.3, -0.25) is 0 Å². The fourth-order valence-corrected chi connectivity index (χ4v) is 2.19. The van der Waals surface area contributed by atoms with Crippen molar-refractivity contribution in [2.75, 3.05) is 13.7 Å². The Morgan fingerprint density at radius 1 is 1.64 bits per heavy atom. The summed E-state index contributed by atoms with van der Waals surface area (Å²) in [5.74, 6) is 0.624. The van der Waals surface area contributed by atoms with Gasteiger partial charge < -0.3 is 14.4 Å². The van der Waals surface area contributed by atoms with E-state index in [0.717, 1.165) is 6.54 Å². The van der Waals surface area contributed by atoms with Gasteiger partial charge in [-0.1, -0.05) is 0 Å². The number of amides is 1. The molecule has 0 aromatic rings. The predicted octanol–water partition coefficient (Wildman–Crippen LogP) is -0.166. The second-order valence-electron chi connectivity index (χ2n) is 3.34. The van der Waals surface area contributed by atoms with Crippen LogP contribution in [0, 0.1) is 5.92 Å². The van der Waals surface area contributed by atoms with Crippen LogP contribution >= 0.6 is 0 Å². The number of methoxy groups -OCH3 is 1. The van der Waals surface area contributed by atoms with Crippen LogP contribution in [0.15, 0.2) is 0 Å². The summed E-state index contributed by atoms with van der Waals surface area (Å²) in [6.45, 7) is 0.832. The molecule has 0 unspecified atom stereocenters. The van der Waals surface area contributed by atoms with Crippen molar-refractivity contribution >= 4 is 6.09 Å². The molecule has 3 rings (SSSR count). The number of rotatable bonds is 0. The van der Waals surface area contributed by atoms with Crippen LogP contribution in [0.5, 0.6) is 0 Å². The molecule has 2 saturated heterocycles. The van der Waals surface area contributed by atoms with Gasteiger partial charge in [0.1, 0.15) is 6.10 Å². The number of ether oxygens (including phenoxy) is 2. The van der Waals surface area contributed by atoms with Crippen LogP contribution in [0.25, 0.3) is 0 Å². The van der Waals surface area contributed by atoms with Gasteiger partial charge in [-0.2, -0.15) is 0 Å². The highest BCUT2D eigenvalue weighted by Crippen LogP contribution is 2.55. The van der Waals surface area contributed by atoms with Gasteiger partial charge in [-0.05, 0) is 0 Å². The van der Waals surface area contributed by atoms with E-state index in [9.17, 15) is 4.79 Å². The molecule has 0 N–H and O–H groups in total. The number of hydrogen-bond donors (Lipinski definition) is 0. The Kier molecular flexibility index (Phi) is 0.809. The van der Waals surface area contributed by atoms with Gasteiger partial charge in [-0.15, -0.1) is 0 Å². The quantitative estimate of drug-likeness (QED) is 0.456. The molecule has 1 amide bonds. The molecule has 60 valence electrons. The summed E-state index contributed by atoms with van der Waals surface area (Å²) in [5.41, 5.74) is 0. The molecule has 0 bridgehead atoms. The van der Waals surface area contributed by atoms with Crippen LogP contribution in [-0.4, -0.2) is 42.9 Å². The lowest BCUT2D eigenvalue weighted by Crippen LogP contribution is -2.69. The summed E-state index contributed by atoms with van der Waals surface area (Å²) in [4.78, 5) is 12.7. The highest BCUT2D eigenvalue weighted by molar-refractivity contribution is 5.70. The lowest BCUT2D eigenvalue weighted by Gasteiger charge is -2.50. The van der Waals surface area contributed by atoms with Crippen LogP contribution in [0.2, 0.25) is 0 Å². The zero-order chi connectivity index (χ0) is 7.59. The lowest BCUT2D eigenvalue weighted by atomic mass is 9.71. The number of hydrogen-bond acceptors (Lipinski definition) is 3. The van der Waals surface area contributed by atoms with Gasteiger partial charge in [0.15, 0.2) is 0 Å². The first-order valence-corrected chi connectivity index (χ1v) is 3.83. The maximum Gasteiger partial charge on any atom is 0.409 e. The minimum absolute atomic E-state index is 0.208. The number of piperidine rings is 1. The lowest BCUT2D eigenvalue weighted by molar-refractivity contribution is -0.0182. The Morgan fingerprint density at radius 3 is 3.09 bits per heavy atom. The standard InChI is InChI=1S/C7H9NO3/c1-10-7(9)8-2-3-4(8)6-5(3)11-6/h3-6H,2H2,1H3/t3-,4+,5-,6+/m0/s1. The first kappa shape index (κ1) is 5.83.